The van der Waals surface area contributed by atoms with Gasteiger partial charge < -0.3 is 4.90 Å². The van der Waals surface area contributed by atoms with Crippen LogP contribution >= 0.6 is 0 Å². The van der Waals surface area contributed by atoms with Gasteiger partial charge in [0.25, 0.3) is 0 Å². The van der Waals surface area contributed by atoms with Gasteiger partial charge in [0, 0.05) is 6.42 Å². The van der Waals surface area contributed by atoms with E-state index in [4.69, 9.17) is 0 Å². The van der Waals surface area contributed by atoms with Gasteiger partial charge in [-0.25, -0.2) is 0 Å². The lowest BCUT2D eigenvalue weighted by molar-refractivity contribution is -0.136. The van der Waals surface area contributed by atoms with Crippen molar-refractivity contribution in [2.75, 3.05) is 20.6 Å². The Morgan fingerprint density at radius 1 is 1.20 bits per heavy atom. The fraction of sp³-hybridized carbons (Fsp3) is 0.714. The first kappa shape index (κ1) is 9.30. The van der Waals surface area contributed by atoms with Gasteiger partial charge >= 0.3 is 0 Å². The lowest BCUT2D eigenvalue weighted by Gasteiger charge is -2.05. The summed E-state index contributed by atoms with van der Waals surface area (Å²) in [5.41, 5.74) is 0. The van der Waals surface area contributed by atoms with Gasteiger partial charge in [-0.05, 0) is 14.1 Å². The number of hydrogen-bond donors (Lipinski definition) is 0. The first-order valence-corrected chi connectivity index (χ1v) is 3.28. The van der Waals surface area contributed by atoms with Crippen molar-refractivity contribution in [2.24, 2.45) is 0 Å². The maximum absolute atomic E-state index is 10.8. The van der Waals surface area contributed by atoms with Gasteiger partial charge in [-0.3, -0.25) is 9.59 Å². The molecule has 0 aliphatic rings. The largest absolute Gasteiger partial charge is 0.302 e. The Morgan fingerprint density at radius 2 is 1.70 bits per heavy atom. The molecule has 0 heterocycles. The van der Waals surface area contributed by atoms with E-state index < -0.39 is 0 Å². The van der Waals surface area contributed by atoms with Crippen LogP contribution in [-0.2, 0) is 9.59 Å². The molecule has 10 heavy (non-hydrogen) atoms. The summed E-state index contributed by atoms with van der Waals surface area (Å²) < 4.78 is 0. The van der Waals surface area contributed by atoms with Crippen LogP contribution in [0.15, 0.2) is 0 Å². The van der Waals surface area contributed by atoms with Gasteiger partial charge in [0.05, 0.1) is 6.54 Å². The van der Waals surface area contributed by atoms with E-state index >= 15 is 0 Å². The third kappa shape index (κ3) is 3.35. The van der Waals surface area contributed by atoms with Gasteiger partial charge in [-0.15, -0.1) is 0 Å². The van der Waals surface area contributed by atoms with Crippen molar-refractivity contribution in [1.29, 1.82) is 0 Å². The average molecular weight is 143 g/mol. The quantitative estimate of drug-likeness (QED) is 0.524. The van der Waals surface area contributed by atoms with Crippen molar-refractivity contribution in [3.8, 4) is 0 Å². The molecule has 0 atom stereocenters. The molecule has 0 saturated heterocycles. The molecule has 0 amide bonds. The number of rotatable bonds is 4. The van der Waals surface area contributed by atoms with E-state index in [2.05, 4.69) is 0 Å². The molecule has 3 nitrogen and oxygen atoms in total. The van der Waals surface area contributed by atoms with Crippen LogP contribution in [0, 0.1) is 0 Å². The zero-order valence-corrected chi connectivity index (χ0v) is 6.68. The summed E-state index contributed by atoms with van der Waals surface area (Å²) in [6.45, 7) is 1.92. The summed E-state index contributed by atoms with van der Waals surface area (Å²) in [5.74, 6) is -0.582. The fourth-order valence-electron chi connectivity index (χ4n) is 0.573. The fourth-order valence-corrected chi connectivity index (χ4v) is 0.573. The molecule has 0 N–H and O–H groups in total. The molecular formula is C7H13NO2. The van der Waals surface area contributed by atoms with E-state index in [1.165, 1.54) is 0 Å². The SMILES string of the molecule is CCC(=O)C(=O)CN(C)C. The van der Waals surface area contributed by atoms with Gasteiger partial charge in [0.15, 0.2) is 5.78 Å². The summed E-state index contributed by atoms with van der Waals surface area (Å²) in [7, 11) is 3.53. The zero-order valence-electron chi connectivity index (χ0n) is 6.68. The van der Waals surface area contributed by atoms with Crippen LogP contribution in [0.5, 0.6) is 0 Å². The number of likely N-dealkylation sites (N-methyl/N-ethyl adjacent to an activating group) is 1. The molecule has 3 heteroatoms. The zero-order chi connectivity index (χ0) is 8.15. The highest BCUT2D eigenvalue weighted by atomic mass is 16.2. The Morgan fingerprint density at radius 3 is 2.00 bits per heavy atom. The van der Waals surface area contributed by atoms with Crippen LogP contribution in [0.25, 0.3) is 0 Å². The van der Waals surface area contributed by atoms with Crippen LogP contribution in [0.2, 0.25) is 0 Å². The highest BCUT2D eigenvalue weighted by Gasteiger charge is 2.10. The van der Waals surface area contributed by atoms with Gasteiger partial charge in [-0.1, -0.05) is 6.92 Å². The second-order valence-electron chi connectivity index (χ2n) is 2.44. The van der Waals surface area contributed by atoms with Crippen molar-refractivity contribution in [3.05, 3.63) is 0 Å². The molecule has 0 unspecified atom stereocenters. The minimum Gasteiger partial charge on any atom is -0.302 e. The minimum atomic E-state index is -0.299. The molecule has 0 rings (SSSR count). The Kier molecular flexibility index (Phi) is 3.88. The van der Waals surface area contributed by atoms with E-state index in [1.807, 2.05) is 0 Å². The summed E-state index contributed by atoms with van der Waals surface area (Å²) in [6, 6.07) is 0. The molecule has 0 aromatic heterocycles. The molecule has 0 saturated carbocycles. The molecule has 58 valence electrons. The Hall–Kier alpha value is -0.700. The van der Waals surface area contributed by atoms with Crippen LogP contribution in [-0.4, -0.2) is 37.1 Å². The topological polar surface area (TPSA) is 37.4 Å². The Balaban J connectivity index is 3.74. The molecule has 0 aliphatic heterocycles. The lowest BCUT2D eigenvalue weighted by atomic mass is 10.2. The van der Waals surface area contributed by atoms with Crippen molar-refractivity contribution in [2.45, 2.75) is 13.3 Å². The van der Waals surface area contributed by atoms with Crippen LogP contribution < -0.4 is 0 Å². The first-order valence-electron chi connectivity index (χ1n) is 3.28. The predicted octanol–water partition coefficient (Wildman–Crippen LogP) is 0.0962. The van der Waals surface area contributed by atoms with E-state index in [1.54, 1.807) is 25.9 Å². The number of nitrogens with zero attached hydrogens (tertiary/aromatic N) is 1. The van der Waals surface area contributed by atoms with Crippen molar-refractivity contribution >= 4 is 11.6 Å². The monoisotopic (exact) mass is 143 g/mol. The molecule has 0 radical (unpaired) electrons. The van der Waals surface area contributed by atoms with Crippen molar-refractivity contribution < 1.29 is 9.59 Å². The summed E-state index contributed by atoms with van der Waals surface area (Å²) >= 11 is 0. The highest BCUT2D eigenvalue weighted by molar-refractivity contribution is 6.37. The third-order valence-electron chi connectivity index (χ3n) is 1.09. The minimum absolute atomic E-state index is 0.229. The van der Waals surface area contributed by atoms with E-state index in [9.17, 15) is 9.59 Å². The standard InChI is InChI=1S/C7H13NO2/c1-4-6(9)7(10)5-8(2)3/h4-5H2,1-3H3. The molecule has 0 spiro atoms. The molecule has 0 bridgehead atoms. The summed E-state index contributed by atoms with van der Waals surface area (Å²) in [4.78, 5) is 23.2. The smallest absolute Gasteiger partial charge is 0.212 e. The van der Waals surface area contributed by atoms with Crippen molar-refractivity contribution in [1.82, 2.24) is 4.90 Å². The van der Waals surface area contributed by atoms with Gasteiger partial charge in [-0.2, -0.15) is 0 Å². The number of ketones is 2. The van der Waals surface area contributed by atoms with E-state index in [0.717, 1.165) is 0 Å². The Labute approximate surface area is 61.0 Å². The number of carbonyl (C=O) groups excluding carboxylic acids is 2. The number of Topliss-reactive ketones (excluding diaryl/α,β-unsaturated/α-hetero) is 2. The average Bonchev–Trinajstić information content (AvgIpc) is 1.85. The number of carbonyl (C=O) groups is 2. The first-order chi connectivity index (χ1) is 4.57. The third-order valence-corrected chi connectivity index (χ3v) is 1.09. The molecule has 0 aromatic rings. The highest BCUT2D eigenvalue weighted by Crippen LogP contribution is 1.85. The maximum Gasteiger partial charge on any atom is 0.212 e. The normalized spacial score (nSPS) is 10.0. The molecular weight excluding hydrogens is 130 g/mol. The predicted molar refractivity (Wildman–Crippen MR) is 38.9 cm³/mol. The lowest BCUT2D eigenvalue weighted by Crippen LogP contribution is -2.27. The second kappa shape index (κ2) is 4.17. The molecule has 0 fully saturated rings. The summed E-state index contributed by atoms with van der Waals surface area (Å²) in [6.07, 6.45) is 0.312. The van der Waals surface area contributed by atoms with E-state index in [-0.39, 0.29) is 18.1 Å². The van der Waals surface area contributed by atoms with Crippen LogP contribution in [0.3, 0.4) is 0 Å². The maximum atomic E-state index is 10.8. The van der Waals surface area contributed by atoms with E-state index in [0.29, 0.717) is 6.42 Å². The van der Waals surface area contributed by atoms with Crippen LogP contribution in [0.1, 0.15) is 13.3 Å². The van der Waals surface area contributed by atoms with Gasteiger partial charge in [0.1, 0.15) is 0 Å². The molecule has 0 aliphatic carbocycles. The second-order valence-corrected chi connectivity index (χ2v) is 2.44. The van der Waals surface area contributed by atoms with Gasteiger partial charge in [0.2, 0.25) is 5.78 Å². The summed E-state index contributed by atoms with van der Waals surface area (Å²) in [5, 5.41) is 0. The van der Waals surface area contributed by atoms with Crippen molar-refractivity contribution in [3.63, 3.8) is 0 Å². The Bertz CT molecular complexity index is 141. The number of hydrogen-bond acceptors (Lipinski definition) is 3. The molecule has 0 aromatic carbocycles. The van der Waals surface area contributed by atoms with Crippen LogP contribution in [0.4, 0.5) is 0 Å².